The van der Waals surface area contributed by atoms with Crippen LogP contribution in [0.25, 0.3) is 10.2 Å². The lowest BCUT2D eigenvalue weighted by Crippen LogP contribution is -2.48. The standard InChI is InChI=1S/C20H21ClN4O2S/c1-3-23-12-22-18-16(19(23)26)13(2)17(28-18)20(27)25-9-7-24(8-10-25)15-6-4-5-14(21)11-15/h4-6,11-12H,3,7-10H2,1-2H3. The second-order valence-electron chi connectivity index (χ2n) is 6.83. The molecule has 0 aliphatic carbocycles. The molecule has 0 bridgehead atoms. The zero-order valence-electron chi connectivity index (χ0n) is 15.8. The van der Waals surface area contributed by atoms with Gasteiger partial charge < -0.3 is 9.80 Å². The summed E-state index contributed by atoms with van der Waals surface area (Å²) >= 11 is 7.40. The fraction of sp³-hybridized carbons (Fsp3) is 0.350. The molecule has 0 spiro atoms. The number of halogens is 1. The van der Waals surface area contributed by atoms with Gasteiger partial charge in [-0.15, -0.1) is 11.3 Å². The lowest BCUT2D eigenvalue weighted by molar-refractivity contribution is 0.0751. The van der Waals surface area contributed by atoms with Crippen molar-refractivity contribution in [3.8, 4) is 0 Å². The predicted octanol–water partition coefficient (Wildman–Crippen LogP) is 3.40. The second-order valence-corrected chi connectivity index (χ2v) is 8.27. The SMILES string of the molecule is CCn1cnc2sc(C(=O)N3CCN(c4cccc(Cl)c4)CC3)c(C)c2c1=O. The van der Waals surface area contributed by atoms with Crippen molar-refractivity contribution in [2.45, 2.75) is 20.4 Å². The van der Waals surface area contributed by atoms with Gasteiger partial charge in [0.2, 0.25) is 0 Å². The highest BCUT2D eigenvalue weighted by Crippen LogP contribution is 2.29. The van der Waals surface area contributed by atoms with Crippen LogP contribution in [0, 0.1) is 6.92 Å². The number of carbonyl (C=O) groups excluding carboxylic acids is 1. The Balaban J connectivity index is 1.55. The van der Waals surface area contributed by atoms with Crippen LogP contribution < -0.4 is 10.5 Å². The summed E-state index contributed by atoms with van der Waals surface area (Å²) in [5, 5.41) is 1.28. The van der Waals surface area contributed by atoms with Crippen molar-refractivity contribution >= 4 is 44.7 Å². The molecule has 1 aromatic carbocycles. The minimum absolute atomic E-state index is 0.0197. The van der Waals surface area contributed by atoms with Crippen LogP contribution in [-0.2, 0) is 6.54 Å². The topological polar surface area (TPSA) is 58.4 Å². The highest BCUT2D eigenvalue weighted by atomic mass is 35.5. The summed E-state index contributed by atoms with van der Waals surface area (Å²) in [7, 11) is 0. The number of rotatable bonds is 3. The van der Waals surface area contributed by atoms with Crippen molar-refractivity contribution in [3.63, 3.8) is 0 Å². The number of anilines is 1. The number of fused-ring (bicyclic) bond motifs is 1. The summed E-state index contributed by atoms with van der Waals surface area (Å²) in [6.07, 6.45) is 1.55. The maximum Gasteiger partial charge on any atom is 0.264 e. The Morgan fingerprint density at radius 2 is 2.00 bits per heavy atom. The monoisotopic (exact) mass is 416 g/mol. The molecule has 0 atom stereocenters. The van der Waals surface area contributed by atoms with E-state index in [1.807, 2.05) is 43.0 Å². The number of amides is 1. The molecular formula is C20H21ClN4O2S. The van der Waals surface area contributed by atoms with Crippen LogP contribution in [0.1, 0.15) is 22.2 Å². The molecule has 1 aliphatic heterocycles. The Kier molecular flexibility index (Phi) is 5.12. The number of carbonyl (C=O) groups is 1. The molecular weight excluding hydrogens is 396 g/mol. The second kappa shape index (κ2) is 7.56. The maximum atomic E-state index is 13.1. The van der Waals surface area contributed by atoms with E-state index in [0.717, 1.165) is 24.3 Å². The van der Waals surface area contributed by atoms with E-state index in [9.17, 15) is 9.59 Å². The lowest BCUT2D eigenvalue weighted by atomic mass is 10.2. The Morgan fingerprint density at radius 1 is 1.25 bits per heavy atom. The summed E-state index contributed by atoms with van der Waals surface area (Å²) in [5.41, 5.74) is 1.73. The van der Waals surface area contributed by atoms with Crippen LogP contribution in [0.4, 0.5) is 5.69 Å². The third-order valence-electron chi connectivity index (χ3n) is 5.19. The van der Waals surface area contributed by atoms with Crippen molar-refractivity contribution in [3.05, 3.63) is 56.4 Å². The van der Waals surface area contributed by atoms with E-state index in [-0.39, 0.29) is 11.5 Å². The summed E-state index contributed by atoms with van der Waals surface area (Å²) in [5.74, 6) is -0.0197. The minimum Gasteiger partial charge on any atom is -0.368 e. The Morgan fingerprint density at radius 3 is 2.68 bits per heavy atom. The zero-order chi connectivity index (χ0) is 19.8. The molecule has 6 nitrogen and oxygen atoms in total. The molecule has 2 aromatic heterocycles. The molecule has 146 valence electrons. The molecule has 0 unspecified atom stereocenters. The molecule has 1 saturated heterocycles. The van der Waals surface area contributed by atoms with Gasteiger partial charge in [-0.2, -0.15) is 0 Å². The highest BCUT2D eigenvalue weighted by Gasteiger charge is 2.26. The predicted molar refractivity (Wildman–Crippen MR) is 114 cm³/mol. The first-order valence-corrected chi connectivity index (χ1v) is 10.5. The number of nitrogens with zero attached hydrogens (tertiary/aromatic N) is 4. The number of hydrogen-bond acceptors (Lipinski definition) is 5. The van der Waals surface area contributed by atoms with Crippen LogP contribution in [-0.4, -0.2) is 46.5 Å². The van der Waals surface area contributed by atoms with Crippen LogP contribution in [0.2, 0.25) is 5.02 Å². The van der Waals surface area contributed by atoms with Crippen molar-refractivity contribution < 1.29 is 4.79 Å². The Bertz CT molecular complexity index is 1100. The van der Waals surface area contributed by atoms with Gasteiger partial charge >= 0.3 is 0 Å². The number of aromatic nitrogens is 2. The normalized spacial score (nSPS) is 14.7. The molecule has 8 heteroatoms. The summed E-state index contributed by atoms with van der Waals surface area (Å²) < 4.78 is 1.57. The molecule has 1 aliphatic rings. The molecule has 0 radical (unpaired) electrons. The molecule has 1 fully saturated rings. The quantitative estimate of drug-likeness (QED) is 0.656. The Hall–Kier alpha value is -2.38. The smallest absolute Gasteiger partial charge is 0.264 e. The molecule has 4 rings (SSSR count). The fourth-order valence-corrected chi connectivity index (χ4v) is 4.86. The van der Waals surface area contributed by atoms with E-state index in [1.165, 1.54) is 11.3 Å². The van der Waals surface area contributed by atoms with Crippen molar-refractivity contribution in [2.75, 3.05) is 31.1 Å². The van der Waals surface area contributed by atoms with Gasteiger partial charge in [0, 0.05) is 43.4 Å². The molecule has 1 amide bonds. The van der Waals surface area contributed by atoms with Gasteiger partial charge in [-0.05, 0) is 37.6 Å². The maximum absolute atomic E-state index is 13.1. The van der Waals surface area contributed by atoms with Gasteiger partial charge in [0.25, 0.3) is 11.5 Å². The van der Waals surface area contributed by atoms with Crippen molar-refractivity contribution in [1.29, 1.82) is 0 Å². The molecule has 28 heavy (non-hydrogen) atoms. The van der Waals surface area contributed by atoms with E-state index in [0.29, 0.717) is 39.8 Å². The Labute approximate surface area is 172 Å². The molecule has 3 aromatic rings. The van der Waals surface area contributed by atoms with E-state index in [4.69, 9.17) is 11.6 Å². The van der Waals surface area contributed by atoms with Crippen LogP contribution in [0.15, 0.2) is 35.4 Å². The first-order valence-electron chi connectivity index (χ1n) is 9.28. The summed E-state index contributed by atoms with van der Waals surface area (Å²) in [4.78, 5) is 35.4. The third-order valence-corrected chi connectivity index (χ3v) is 6.62. The van der Waals surface area contributed by atoms with E-state index >= 15 is 0 Å². The number of hydrogen-bond donors (Lipinski definition) is 0. The largest absolute Gasteiger partial charge is 0.368 e. The number of aryl methyl sites for hydroxylation is 2. The number of thiophene rings is 1. The van der Waals surface area contributed by atoms with Gasteiger partial charge in [-0.25, -0.2) is 4.98 Å². The average molecular weight is 417 g/mol. The van der Waals surface area contributed by atoms with Gasteiger partial charge in [0.05, 0.1) is 16.6 Å². The zero-order valence-corrected chi connectivity index (χ0v) is 17.4. The number of benzene rings is 1. The average Bonchev–Trinajstić information content (AvgIpc) is 3.05. The van der Waals surface area contributed by atoms with E-state index in [1.54, 1.807) is 10.9 Å². The van der Waals surface area contributed by atoms with Gasteiger partial charge in [0.15, 0.2) is 0 Å². The lowest BCUT2D eigenvalue weighted by Gasteiger charge is -2.36. The molecule has 3 heterocycles. The number of piperazine rings is 1. The van der Waals surface area contributed by atoms with Crippen molar-refractivity contribution in [2.24, 2.45) is 0 Å². The van der Waals surface area contributed by atoms with Gasteiger partial charge in [0.1, 0.15) is 4.83 Å². The highest BCUT2D eigenvalue weighted by molar-refractivity contribution is 7.20. The van der Waals surface area contributed by atoms with E-state index in [2.05, 4.69) is 9.88 Å². The van der Waals surface area contributed by atoms with E-state index < -0.39 is 0 Å². The van der Waals surface area contributed by atoms with Crippen LogP contribution in [0.5, 0.6) is 0 Å². The summed E-state index contributed by atoms with van der Waals surface area (Å²) in [6, 6.07) is 7.77. The summed E-state index contributed by atoms with van der Waals surface area (Å²) in [6.45, 7) is 7.07. The van der Waals surface area contributed by atoms with Crippen LogP contribution >= 0.6 is 22.9 Å². The van der Waals surface area contributed by atoms with Gasteiger partial charge in [-0.3, -0.25) is 14.2 Å². The fourth-order valence-electron chi connectivity index (χ4n) is 3.57. The third kappa shape index (κ3) is 3.29. The first kappa shape index (κ1) is 19.0. The first-order chi connectivity index (χ1) is 13.5. The van der Waals surface area contributed by atoms with Crippen LogP contribution in [0.3, 0.4) is 0 Å². The van der Waals surface area contributed by atoms with Gasteiger partial charge in [-0.1, -0.05) is 17.7 Å². The van der Waals surface area contributed by atoms with Crippen molar-refractivity contribution in [1.82, 2.24) is 14.5 Å². The molecule has 0 N–H and O–H groups in total. The minimum atomic E-state index is -0.0777. The molecule has 0 saturated carbocycles.